The van der Waals surface area contributed by atoms with E-state index in [0.29, 0.717) is 32.0 Å². The van der Waals surface area contributed by atoms with Gasteiger partial charge < -0.3 is 5.11 Å². The van der Waals surface area contributed by atoms with Gasteiger partial charge in [0, 0.05) is 26.2 Å². The van der Waals surface area contributed by atoms with Gasteiger partial charge in [0.1, 0.15) is 0 Å². The first kappa shape index (κ1) is 16.9. The minimum atomic E-state index is -3.35. The molecule has 0 aromatic heterocycles. The van der Waals surface area contributed by atoms with Crippen molar-refractivity contribution in [2.75, 3.05) is 26.2 Å². The zero-order valence-corrected chi connectivity index (χ0v) is 13.2. The van der Waals surface area contributed by atoms with Crippen LogP contribution in [0.25, 0.3) is 0 Å². The van der Waals surface area contributed by atoms with Gasteiger partial charge in [-0.25, -0.2) is 4.72 Å². The second-order valence-electron chi connectivity index (χ2n) is 6.42. The van der Waals surface area contributed by atoms with Crippen molar-refractivity contribution in [3.05, 3.63) is 0 Å². The van der Waals surface area contributed by atoms with Gasteiger partial charge in [-0.05, 0) is 37.0 Å². The molecule has 114 valence electrons. The summed E-state index contributed by atoms with van der Waals surface area (Å²) in [5.41, 5.74) is -0.128. The quantitative estimate of drug-likeness (QED) is 0.744. The van der Waals surface area contributed by atoms with Gasteiger partial charge in [0.2, 0.25) is 0 Å². The third-order valence-electron chi connectivity index (χ3n) is 3.70. The van der Waals surface area contributed by atoms with E-state index in [2.05, 4.69) is 11.6 Å². The van der Waals surface area contributed by atoms with E-state index in [1.165, 1.54) is 0 Å². The molecule has 1 aliphatic heterocycles. The first-order chi connectivity index (χ1) is 8.77. The SMILES string of the molecule is CC1CCCN(S(=O)(=O)NCC(C)(C)CCCO)C1. The number of hydrogen-bond acceptors (Lipinski definition) is 3. The predicted molar refractivity (Wildman–Crippen MR) is 77.0 cm³/mol. The second kappa shape index (κ2) is 7.02. The summed E-state index contributed by atoms with van der Waals surface area (Å²) in [5.74, 6) is 0.438. The molecular formula is C13H28N2O3S. The van der Waals surface area contributed by atoms with Crippen LogP contribution < -0.4 is 4.72 Å². The van der Waals surface area contributed by atoms with E-state index in [0.717, 1.165) is 19.3 Å². The highest BCUT2D eigenvalue weighted by atomic mass is 32.2. The molecule has 0 aliphatic carbocycles. The van der Waals surface area contributed by atoms with Gasteiger partial charge in [-0.2, -0.15) is 12.7 Å². The monoisotopic (exact) mass is 292 g/mol. The zero-order chi connectivity index (χ0) is 14.5. The Morgan fingerprint density at radius 3 is 2.68 bits per heavy atom. The van der Waals surface area contributed by atoms with Gasteiger partial charge in [-0.15, -0.1) is 0 Å². The highest BCUT2D eigenvalue weighted by molar-refractivity contribution is 7.87. The maximum absolute atomic E-state index is 12.2. The van der Waals surface area contributed by atoms with E-state index in [9.17, 15) is 8.42 Å². The van der Waals surface area contributed by atoms with E-state index < -0.39 is 10.2 Å². The maximum Gasteiger partial charge on any atom is 0.279 e. The highest BCUT2D eigenvalue weighted by Gasteiger charge is 2.28. The summed E-state index contributed by atoms with van der Waals surface area (Å²) in [6, 6.07) is 0. The van der Waals surface area contributed by atoms with Crippen LogP contribution in [-0.2, 0) is 10.2 Å². The van der Waals surface area contributed by atoms with Crippen LogP contribution in [0.3, 0.4) is 0 Å². The van der Waals surface area contributed by atoms with Gasteiger partial charge >= 0.3 is 0 Å². The molecule has 1 rings (SSSR count). The molecule has 5 nitrogen and oxygen atoms in total. The topological polar surface area (TPSA) is 69.6 Å². The average molecular weight is 292 g/mol. The molecule has 0 aromatic carbocycles. The van der Waals surface area contributed by atoms with Crippen molar-refractivity contribution in [3.63, 3.8) is 0 Å². The van der Waals surface area contributed by atoms with E-state index in [-0.39, 0.29) is 12.0 Å². The molecule has 0 radical (unpaired) electrons. The lowest BCUT2D eigenvalue weighted by Crippen LogP contribution is -2.47. The first-order valence-corrected chi connectivity index (χ1v) is 8.56. The third kappa shape index (κ3) is 5.77. The lowest BCUT2D eigenvalue weighted by atomic mass is 9.88. The summed E-state index contributed by atoms with van der Waals surface area (Å²) >= 11 is 0. The Morgan fingerprint density at radius 2 is 2.11 bits per heavy atom. The molecule has 1 saturated heterocycles. The number of nitrogens with one attached hydrogen (secondary N) is 1. The van der Waals surface area contributed by atoms with Gasteiger partial charge in [-0.1, -0.05) is 20.8 Å². The molecule has 0 saturated carbocycles. The lowest BCUT2D eigenvalue weighted by Gasteiger charge is -2.32. The summed E-state index contributed by atoms with van der Waals surface area (Å²) in [5, 5.41) is 8.84. The van der Waals surface area contributed by atoms with Crippen LogP contribution in [0.1, 0.15) is 46.5 Å². The van der Waals surface area contributed by atoms with Crippen LogP contribution in [0, 0.1) is 11.3 Å². The van der Waals surface area contributed by atoms with Crippen molar-refractivity contribution in [1.82, 2.24) is 9.03 Å². The minimum Gasteiger partial charge on any atom is -0.396 e. The Bertz CT molecular complexity index is 368. The van der Waals surface area contributed by atoms with Crippen molar-refractivity contribution in [2.45, 2.75) is 46.5 Å². The van der Waals surface area contributed by atoms with Crippen LogP contribution in [0.4, 0.5) is 0 Å². The second-order valence-corrected chi connectivity index (χ2v) is 8.18. The van der Waals surface area contributed by atoms with Gasteiger partial charge in [0.05, 0.1) is 0 Å². The standard InChI is InChI=1S/C13H28N2O3S/c1-12-6-4-8-15(10-12)19(17,18)14-11-13(2,3)7-5-9-16/h12,14,16H,4-11H2,1-3H3. The molecular weight excluding hydrogens is 264 g/mol. The van der Waals surface area contributed by atoms with E-state index in [4.69, 9.17) is 5.11 Å². The molecule has 0 bridgehead atoms. The Labute approximate surface area is 117 Å². The number of aliphatic hydroxyl groups excluding tert-OH is 1. The Morgan fingerprint density at radius 1 is 1.42 bits per heavy atom. The van der Waals surface area contributed by atoms with Crippen LogP contribution in [0.5, 0.6) is 0 Å². The van der Waals surface area contributed by atoms with Gasteiger partial charge in [0.25, 0.3) is 10.2 Å². The summed E-state index contributed by atoms with van der Waals surface area (Å²) in [7, 11) is -3.35. The highest BCUT2D eigenvalue weighted by Crippen LogP contribution is 2.22. The smallest absolute Gasteiger partial charge is 0.279 e. The van der Waals surface area contributed by atoms with Crippen molar-refractivity contribution in [3.8, 4) is 0 Å². The first-order valence-electron chi connectivity index (χ1n) is 7.12. The predicted octanol–water partition coefficient (Wildman–Crippen LogP) is 1.35. The molecule has 1 aliphatic rings. The van der Waals surface area contributed by atoms with Crippen LogP contribution in [-0.4, -0.2) is 44.1 Å². The zero-order valence-electron chi connectivity index (χ0n) is 12.4. The normalized spacial score (nSPS) is 22.6. The molecule has 0 aromatic rings. The van der Waals surface area contributed by atoms with Crippen molar-refractivity contribution >= 4 is 10.2 Å². The lowest BCUT2D eigenvalue weighted by molar-refractivity contribution is 0.239. The fourth-order valence-electron chi connectivity index (χ4n) is 2.39. The molecule has 6 heteroatoms. The molecule has 1 unspecified atom stereocenters. The molecule has 19 heavy (non-hydrogen) atoms. The molecule has 0 spiro atoms. The van der Waals surface area contributed by atoms with Crippen LogP contribution in [0.15, 0.2) is 0 Å². The van der Waals surface area contributed by atoms with E-state index >= 15 is 0 Å². The Kier molecular flexibility index (Phi) is 6.23. The number of hydrogen-bond donors (Lipinski definition) is 2. The van der Waals surface area contributed by atoms with Crippen molar-refractivity contribution < 1.29 is 13.5 Å². The molecule has 1 atom stereocenters. The maximum atomic E-state index is 12.2. The average Bonchev–Trinajstić information content (AvgIpc) is 2.34. The van der Waals surface area contributed by atoms with Crippen LogP contribution >= 0.6 is 0 Å². The van der Waals surface area contributed by atoms with Crippen LogP contribution in [0.2, 0.25) is 0 Å². The fourth-order valence-corrected chi connectivity index (χ4v) is 3.96. The molecule has 1 fully saturated rings. The Balaban J connectivity index is 2.50. The van der Waals surface area contributed by atoms with Crippen molar-refractivity contribution in [2.24, 2.45) is 11.3 Å². The number of nitrogens with zero attached hydrogens (tertiary/aromatic N) is 1. The molecule has 2 N–H and O–H groups in total. The number of rotatable bonds is 7. The number of piperidine rings is 1. The summed E-state index contributed by atoms with van der Waals surface area (Å²) in [6.45, 7) is 7.93. The van der Waals surface area contributed by atoms with Crippen molar-refractivity contribution in [1.29, 1.82) is 0 Å². The van der Waals surface area contributed by atoms with E-state index in [1.54, 1.807) is 4.31 Å². The van der Waals surface area contributed by atoms with Gasteiger partial charge in [-0.3, -0.25) is 0 Å². The molecule has 1 heterocycles. The summed E-state index contributed by atoms with van der Waals surface area (Å²) < 4.78 is 28.7. The minimum absolute atomic E-state index is 0.128. The fraction of sp³-hybridized carbons (Fsp3) is 1.00. The largest absolute Gasteiger partial charge is 0.396 e. The van der Waals surface area contributed by atoms with E-state index in [1.807, 2.05) is 13.8 Å². The van der Waals surface area contributed by atoms with Gasteiger partial charge in [0.15, 0.2) is 0 Å². The summed E-state index contributed by atoms with van der Waals surface area (Å²) in [4.78, 5) is 0. The Hall–Kier alpha value is -0.170. The summed E-state index contributed by atoms with van der Waals surface area (Å²) in [6.07, 6.45) is 3.56. The number of aliphatic hydroxyl groups is 1. The molecule has 0 amide bonds. The third-order valence-corrected chi connectivity index (χ3v) is 5.23.